The summed E-state index contributed by atoms with van der Waals surface area (Å²) in [5, 5.41) is 3.13. The van der Waals surface area contributed by atoms with E-state index in [0.717, 1.165) is 24.5 Å². The van der Waals surface area contributed by atoms with Crippen molar-refractivity contribution in [2.45, 2.75) is 25.7 Å². The van der Waals surface area contributed by atoms with E-state index in [0.29, 0.717) is 0 Å². The van der Waals surface area contributed by atoms with Gasteiger partial charge in [-0.05, 0) is 49.6 Å². The summed E-state index contributed by atoms with van der Waals surface area (Å²) in [5.74, 6) is 0.910. The number of rotatable bonds is 4. The number of fused-ring (bicyclic) bond motifs is 1. The molecule has 0 radical (unpaired) electrons. The largest absolute Gasteiger partial charge is 0.319 e. The third kappa shape index (κ3) is 2.66. The Morgan fingerprint density at radius 2 is 2.05 bits per heavy atom. The fourth-order valence-corrected chi connectivity index (χ4v) is 2.65. The van der Waals surface area contributed by atoms with Gasteiger partial charge < -0.3 is 5.32 Å². The molecule has 19 heavy (non-hydrogen) atoms. The minimum absolute atomic E-state index is 0.870. The van der Waals surface area contributed by atoms with Crippen LogP contribution in [-0.2, 0) is 19.3 Å². The monoisotopic (exact) mass is 253 g/mol. The van der Waals surface area contributed by atoms with Crippen LogP contribution >= 0.6 is 0 Å². The van der Waals surface area contributed by atoms with Gasteiger partial charge in [0.2, 0.25) is 0 Å². The fraction of sp³-hybridized carbons (Fsp3) is 0.375. The maximum absolute atomic E-state index is 4.65. The van der Waals surface area contributed by atoms with E-state index in [-0.39, 0.29) is 0 Å². The molecule has 0 bridgehead atoms. The van der Waals surface area contributed by atoms with Crippen LogP contribution in [0.15, 0.2) is 30.5 Å². The van der Waals surface area contributed by atoms with Gasteiger partial charge in [0, 0.05) is 24.7 Å². The number of nitrogens with one attached hydrogen (secondary N) is 1. The van der Waals surface area contributed by atoms with E-state index in [4.69, 9.17) is 0 Å². The molecule has 1 heterocycles. The van der Waals surface area contributed by atoms with Gasteiger partial charge in [-0.1, -0.05) is 12.1 Å². The Hall–Kier alpha value is -1.74. The highest BCUT2D eigenvalue weighted by atomic mass is 14.9. The number of nitrogens with zero attached hydrogens (tertiary/aromatic N) is 2. The molecule has 3 nitrogen and oxygen atoms in total. The van der Waals surface area contributed by atoms with Crippen molar-refractivity contribution in [3.63, 3.8) is 0 Å². The van der Waals surface area contributed by atoms with Crippen LogP contribution in [0.3, 0.4) is 0 Å². The van der Waals surface area contributed by atoms with Crippen molar-refractivity contribution in [3.8, 4) is 11.3 Å². The third-order valence-electron chi connectivity index (χ3n) is 3.70. The minimum Gasteiger partial charge on any atom is -0.319 e. The molecule has 0 atom stereocenters. The van der Waals surface area contributed by atoms with Crippen LogP contribution in [0.25, 0.3) is 11.3 Å². The highest BCUT2D eigenvalue weighted by Gasteiger charge is 2.12. The Morgan fingerprint density at radius 1 is 1.16 bits per heavy atom. The maximum atomic E-state index is 4.65. The van der Waals surface area contributed by atoms with Crippen molar-refractivity contribution in [2.75, 3.05) is 13.6 Å². The molecule has 1 aromatic carbocycles. The van der Waals surface area contributed by atoms with E-state index in [9.17, 15) is 0 Å². The summed E-state index contributed by atoms with van der Waals surface area (Å²) in [6, 6.07) is 8.74. The number of likely N-dealkylation sites (N-methyl/N-ethyl adjacent to an activating group) is 1. The molecule has 0 aliphatic heterocycles. The standard InChI is InChI=1S/C16H19N3/c1-17-9-8-16-18-10-7-15(19-16)14-6-5-12-3-2-4-13(12)11-14/h5-7,10-11,17H,2-4,8-9H2,1H3. The molecule has 0 spiro atoms. The number of hydrogen-bond acceptors (Lipinski definition) is 3. The lowest BCUT2D eigenvalue weighted by Crippen LogP contribution is -2.12. The molecule has 0 unspecified atom stereocenters. The molecule has 2 aromatic rings. The summed E-state index contributed by atoms with van der Waals surface area (Å²) in [6.07, 6.45) is 6.46. The molecule has 1 aliphatic carbocycles. The first-order chi connectivity index (χ1) is 9.36. The Balaban J connectivity index is 1.89. The second kappa shape index (κ2) is 5.49. The lowest BCUT2D eigenvalue weighted by molar-refractivity contribution is 0.756. The minimum atomic E-state index is 0.870. The first-order valence-corrected chi connectivity index (χ1v) is 6.95. The van der Waals surface area contributed by atoms with Crippen LogP contribution in [-0.4, -0.2) is 23.6 Å². The molecule has 0 saturated carbocycles. The summed E-state index contributed by atoms with van der Waals surface area (Å²) in [7, 11) is 1.95. The van der Waals surface area contributed by atoms with Crippen LogP contribution in [0.2, 0.25) is 0 Å². The molecule has 98 valence electrons. The van der Waals surface area contributed by atoms with Crippen molar-refractivity contribution in [1.29, 1.82) is 0 Å². The molecule has 1 aromatic heterocycles. The first-order valence-electron chi connectivity index (χ1n) is 6.95. The lowest BCUT2D eigenvalue weighted by atomic mass is 10.0. The van der Waals surface area contributed by atoms with Crippen molar-refractivity contribution < 1.29 is 0 Å². The van der Waals surface area contributed by atoms with Gasteiger partial charge in [-0.2, -0.15) is 0 Å². The van der Waals surface area contributed by atoms with Gasteiger partial charge in [-0.25, -0.2) is 9.97 Å². The third-order valence-corrected chi connectivity index (χ3v) is 3.70. The Morgan fingerprint density at radius 3 is 2.95 bits per heavy atom. The van der Waals surface area contributed by atoms with Gasteiger partial charge in [-0.3, -0.25) is 0 Å². The van der Waals surface area contributed by atoms with E-state index in [1.807, 2.05) is 19.3 Å². The molecule has 0 saturated heterocycles. The second-order valence-electron chi connectivity index (χ2n) is 5.05. The molecular formula is C16H19N3. The van der Waals surface area contributed by atoms with Crippen molar-refractivity contribution in [3.05, 3.63) is 47.4 Å². The van der Waals surface area contributed by atoms with E-state index in [1.165, 1.54) is 36.0 Å². The smallest absolute Gasteiger partial charge is 0.130 e. The quantitative estimate of drug-likeness (QED) is 0.909. The maximum Gasteiger partial charge on any atom is 0.130 e. The summed E-state index contributed by atoms with van der Waals surface area (Å²) in [6.45, 7) is 0.910. The van der Waals surface area contributed by atoms with Crippen LogP contribution in [0.5, 0.6) is 0 Å². The van der Waals surface area contributed by atoms with Crippen LogP contribution in [0.1, 0.15) is 23.4 Å². The van der Waals surface area contributed by atoms with E-state index in [1.54, 1.807) is 0 Å². The summed E-state index contributed by atoms with van der Waals surface area (Å²) >= 11 is 0. The number of aryl methyl sites for hydroxylation is 2. The van der Waals surface area contributed by atoms with Gasteiger partial charge in [0.1, 0.15) is 5.82 Å². The topological polar surface area (TPSA) is 37.8 Å². The lowest BCUT2D eigenvalue weighted by Gasteiger charge is -2.06. The number of hydrogen-bond donors (Lipinski definition) is 1. The van der Waals surface area contributed by atoms with Gasteiger partial charge >= 0.3 is 0 Å². The van der Waals surface area contributed by atoms with E-state index < -0.39 is 0 Å². The predicted octanol–water partition coefficient (Wildman–Crippen LogP) is 2.39. The van der Waals surface area contributed by atoms with Crippen molar-refractivity contribution in [1.82, 2.24) is 15.3 Å². The zero-order chi connectivity index (χ0) is 13.1. The summed E-state index contributed by atoms with van der Waals surface area (Å²) in [5.41, 5.74) is 5.26. The Labute approximate surface area is 114 Å². The fourth-order valence-electron chi connectivity index (χ4n) is 2.65. The normalized spacial score (nSPS) is 13.5. The molecule has 3 rings (SSSR count). The van der Waals surface area contributed by atoms with Crippen LogP contribution < -0.4 is 5.32 Å². The average Bonchev–Trinajstić information content (AvgIpc) is 2.92. The molecule has 0 fully saturated rings. The highest BCUT2D eigenvalue weighted by Crippen LogP contribution is 2.27. The molecule has 3 heteroatoms. The van der Waals surface area contributed by atoms with E-state index in [2.05, 4.69) is 33.5 Å². The summed E-state index contributed by atoms with van der Waals surface area (Å²) < 4.78 is 0. The zero-order valence-electron chi connectivity index (χ0n) is 11.3. The number of aromatic nitrogens is 2. The zero-order valence-corrected chi connectivity index (χ0v) is 11.3. The van der Waals surface area contributed by atoms with Gasteiger partial charge in [-0.15, -0.1) is 0 Å². The molecule has 1 N–H and O–H groups in total. The van der Waals surface area contributed by atoms with Crippen LogP contribution in [0, 0.1) is 0 Å². The van der Waals surface area contributed by atoms with Gasteiger partial charge in [0.25, 0.3) is 0 Å². The second-order valence-corrected chi connectivity index (χ2v) is 5.05. The molecular weight excluding hydrogens is 234 g/mol. The highest BCUT2D eigenvalue weighted by molar-refractivity contribution is 5.61. The molecule has 0 amide bonds. The van der Waals surface area contributed by atoms with Crippen molar-refractivity contribution in [2.24, 2.45) is 0 Å². The number of benzene rings is 1. The summed E-state index contributed by atoms with van der Waals surface area (Å²) in [4.78, 5) is 8.98. The predicted molar refractivity (Wildman–Crippen MR) is 77.1 cm³/mol. The van der Waals surface area contributed by atoms with E-state index >= 15 is 0 Å². The van der Waals surface area contributed by atoms with Gasteiger partial charge in [0.05, 0.1) is 5.69 Å². The average molecular weight is 253 g/mol. The van der Waals surface area contributed by atoms with Crippen LogP contribution in [0.4, 0.5) is 0 Å². The van der Waals surface area contributed by atoms with Gasteiger partial charge in [0.15, 0.2) is 0 Å². The molecule has 1 aliphatic rings. The SMILES string of the molecule is CNCCc1nccc(-c2ccc3c(c2)CCC3)n1. The Bertz CT molecular complexity index is 578. The Kier molecular flexibility index (Phi) is 3.56. The van der Waals surface area contributed by atoms with Crippen molar-refractivity contribution >= 4 is 0 Å². The first kappa shape index (κ1) is 12.3.